The van der Waals surface area contributed by atoms with Gasteiger partial charge in [-0.25, -0.2) is 4.79 Å². The quantitative estimate of drug-likeness (QED) is 0.171. The average Bonchev–Trinajstić information content (AvgIpc) is 3.13. The molecule has 0 saturated heterocycles. The molecular weight excluding hydrogens is 434 g/mol. The van der Waals surface area contributed by atoms with Gasteiger partial charge in [0.2, 0.25) is 0 Å². The number of ether oxygens (including phenoxy) is 2. The summed E-state index contributed by atoms with van der Waals surface area (Å²) in [6.45, 7) is -3.18. The monoisotopic (exact) mass is 444 g/mol. The molecule has 32 heavy (non-hydrogen) atoms. The van der Waals surface area contributed by atoms with Gasteiger partial charge in [-0.15, -0.1) is 0 Å². The van der Waals surface area contributed by atoms with E-state index in [0.29, 0.717) is 0 Å². The van der Waals surface area contributed by atoms with E-state index in [4.69, 9.17) is 9.15 Å². The molecule has 0 fully saturated rings. The van der Waals surface area contributed by atoms with E-state index >= 15 is 0 Å². The average molecular weight is 444 g/mol. The fourth-order valence-corrected chi connectivity index (χ4v) is 3.11. The van der Waals surface area contributed by atoms with Gasteiger partial charge in [-0.2, -0.15) is 8.78 Å². The lowest BCUT2D eigenvalue weighted by atomic mass is 10.1. The highest BCUT2D eigenvalue weighted by Gasteiger charge is 2.24. The first-order valence-electron chi connectivity index (χ1n) is 8.79. The van der Waals surface area contributed by atoms with Gasteiger partial charge in [-0.3, -0.25) is 20.2 Å². The number of non-ortho nitro benzene ring substituents is 2. The van der Waals surface area contributed by atoms with Crippen molar-refractivity contribution in [1.29, 1.82) is 0 Å². The molecule has 0 unspecified atom stereocenters. The third kappa shape index (κ3) is 3.76. The van der Waals surface area contributed by atoms with Crippen LogP contribution >= 0.6 is 0 Å². The topological polar surface area (TPSA) is 135 Å². The number of alkyl halides is 2. The number of benzene rings is 3. The fraction of sp³-hybridized carbons (Fsp3) is 0.0500. The van der Waals surface area contributed by atoms with Crippen LogP contribution in [0.4, 0.5) is 20.2 Å². The van der Waals surface area contributed by atoms with Crippen LogP contribution < -0.4 is 9.47 Å². The largest absolute Gasteiger partial charge is 0.452 e. The van der Waals surface area contributed by atoms with E-state index in [1.807, 2.05) is 0 Å². The van der Waals surface area contributed by atoms with Gasteiger partial charge in [0.15, 0.2) is 11.3 Å². The third-order valence-corrected chi connectivity index (χ3v) is 4.47. The first-order valence-corrected chi connectivity index (χ1v) is 8.79. The lowest BCUT2D eigenvalue weighted by molar-refractivity contribution is -0.385. The predicted molar refractivity (Wildman–Crippen MR) is 105 cm³/mol. The fourth-order valence-electron chi connectivity index (χ4n) is 3.11. The summed E-state index contributed by atoms with van der Waals surface area (Å²) >= 11 is 0. The van der Waals surface area contributed by atoms with Crippen LogP contribution in [0, 0.1) is 20.2 Å². The molecule has 0 aliphatic heterocycles. The molecule has 0 saturated carbocycles. The van der Waals surface area contributed by atoms with Crippen LogP contribution in [0.2, 0.25) is 0 Å². The van der Waals surface area contributed by atoms with Gasteiger partial charge in [-0.05, 0) is 30.3 Å². The van der Waals surface area contributed by atoms with Crippen molar-refractivity contribution in [2.45, 2.75) is 6.61 Å². The van der Waals surface area contributed by atoms with Gasteiger partial charge in [-0.1, -0.05) is 0 Å². The molecular formula is C20H10F2N2O8. The van der Waals surface area contributed by atoms with Gasteiger partial charge in [0.05, 0.1) is 15.4 Å². The Morgan fingerprint density at radius 1 is 0.938 bits per heavy atom. The minimum Gasteiger partial charge on any atom is -0.452 e. The Labute approximate surface area is 175 Å². The molecule has 4 rings (SSSR count). The van der Waals surface area contributed by atoms with Crippen molar-refractivity contribution >= 4 is 39.3 Å². The zero-order valence-corrected chi connectivity index (χ0v) is 15.7. The first kappa shape index (κ1) is 20.7. The van der Waals surface area contributed by atoms with E-state index in [0.717, 1.165) is 36.4 Å². The summed E-state index contributed by atoms with van der Waals surface area (Å²) in [4.78, 5) is 33.5. The number of nitro groups is 2. The van der Waals surface area contributed by atoms with E-state index in [2.05, 4.69) is 4.74 Å². The van der Waals surface area contributed by atoms with Crippen molar-refractivity contribution in [2.75, 3.05) is 0 Å². The molecule has 1 heterocycles. The molecule has 0 N–H and O–H groups in total. The molecule has 0 atom stereocenters. The van der Waals surface area contributed by atoms with Crippen molar-refractivity contribution < 1.29 is 37.3 Å². The van der Waals surface area contributed by atoms with E-state index < -0.39 is 22.4 Å². The van der Waals surface area contributed by atoms with Crippen LogP contribution in [-0.2, 0) is 0 Å². The zero-order valence-electron chi connectivity index (χ0n) is 15.7. The van der Waals surface area contributed by atoms with Crippen molar-refractivity contribution in [2.24, 2.45) is 0 Å². The molecule has 0 bridgehead atoms. The van der Waals surface area contributed by atoms with Crippen LogP contribution in [0.15, 0.2) is 59.0 Å². The molecule has 3 aromatic carbocycles. The van der Waals surface area contributed by atoms with Crippen molar-refractivity contribution in [3.8, 4) is 11.5 Å². The Balaban J connectivity index is 1.84. The van der Waals surface area contributed by atoms with Crippen LogP contribution in [0.3, 0.4) is 0 Å². The van der Waals surface area contributed by atoms with Gasteiger partial charge in [0.25, 0.3) is 11.4 Å². The highest BCUT2D eigenvalue weighted by molar-refractivity contribution is 6.17. The Kier molecular flexibility index (Phi) is 5.10. The summed E-state index contributed by atoms with van der Waals surface area (Å²) in [5.74, 6) is -1.33. The summed E-state index contributed by atoms with van der Waals surface area (Å²) in [5.41, 5.74) is -0.789. The van der Waals surface area contributed by atoms with Crippen LogP contribution in [-0.4, -0.2) is 22.4 Å². The van der Waals surface area contributed by atoms with Crippen LogP contribution in [0.5, 0.6) is 11.5 Å². The Hall–Kier alpha value is -4.61. The summed E-state index contributed by atoms with van der Waals surface area (Å²) in [5, 5.41) is 22.0. The first-order chi connectivity index (χ1) is 15.2. The van der Waals surface area contributed by atoms with Gasteiger partial charge < -0.3 is 13.9 Å². The van der Waals surface area contributed by atoms with Crippen molar-refractivity contribution in [3.05, 3.63) is 80.4 Å². The number of hydrogen-bond acceptors (Lipinski definition) is 8. The maximum Gasteiger partial charge on any atom is 0.387 e. The number of fused-ring (bicyclic) bond motifs is 3. The molecule has 10 nitrogen and oxygen atoms in total. The third-order valence-electron chi connectivity index (χ3n) is 4.47. The number of rotatable bonds is 6. The standard InChI is InChI=1S/C20H10F2N2O8/c21-20(22)32-16-8-6-13(19(25)30-12-4-1-10(2-5-12)23(26)27)17-14-9-11(24(28)29)3-7-15(14)31-18(16)17/h1-9,20H. The minimum atomic E-state index is -3.18. The Morgan fingerprint density at radius 3 is 2.22 bits per heavy atom. The van der Waals surface area contributed by atoms with E-state index in [9.17, 15) is 33.8 Å². The molecule has 12 heteroatoms. The van der Waals surface area contributed by atoms with Crippen LogP contribution in [0.25, 0.3) is 21.9 Å². The van der Waals surface area contributed by atoms with Crippen molar-refractivity contribution in [1.82, 2.24) is 0 Å². The summed E-state index contributed by atoms with van der Waals surface area (Å²) in [6, 6.07) is 10.5. The van der Waals surface area contributed by atoms with Gasteiger partial charge >= 0.3 is 12.6 Å². The highest BCUT2D eigenvalue weighted by atomic mass is 19.3. The molecule has 0 aliphatic carbocycles. The minimum absolute atomic E-state index is 0.0135. The number of hydrogen-bond donors (Lipinski definition) is 0. The molecule has 1 aromatic heterocycles. The number of nitrogens with zero attached hydrogens (tertiary/aromatic N) is 2. The molecule has 162 valence electrons. The molecule has 4 aromatic rings. The summed E-state index contributed by atoms with van der Waals surface area (Å²) in [7, 11) is 0. The predicted octanol–water partition coefficient (Wildman–Crippen LogP) is 5.22. The van der Waals surface area contributed by atoms with E-state index in [1.165, 1.54) is 18.2 Å². The highest BCUT2D eigenvalue weighted by Crippen LogP contribution is 2.39. The van der Waals surface area contributed by atoms with Crippen LogP contribution in [0.1, 0.15) is 10.4 Å². The lowest BCUT2D eigenvalue weighted by Gasteiger charge is -2.08. The molecule has 0 radical (unpaired) electrons. The van der Waals surface area contributed by atoms with Gasteiger partial charge in [0, 0.05) is 35.0 Å². The lowest BCUT2D eigenvalue weighted by Crippen LogP contribution is -2.10. The second-order valence-electron chi connectivity index (χ2n) is 6.37. The summed E-state index contributed by atoms with van der Waals surface area (Å²) in [6.07, 6.45) is 0. The Bertz CT molecular complexity index is 1380. The smallest absolute Gasteiger partial charge is 0.387 e. The number of nitro benzene ring substituents is 2. The second-order valence-corrected chi connectivity index (χ2v) is 6.37. The SMILES string of the molecule is O=C(Oc1ccc([N+](=O)[O-])cc1)c1ccc(OC(F)F)c2oc3ccc([N+](=O)[O-])cc3c12. The normalized spacial score (nSPS) is 11.1. The second kappa shape index (κ2) is 7.91. The number of furan rings is 1. The number of carbonyl (C=O) groups excluding carboxylic acids is 1. The molecule has 0 aliphatic rings. The number of esters is 1. The maximum absolute atomic E-state index is 12.8. The Morgan fingerprint density at radius 2 is 1.59 bits per heavy atom. The maximum atomic E-state index is 12.8. The van der Waals surface area contributed by atoms with E-state index in [-0.39, 0.29) is 50.4 Å². The molecule has 0 amide bonds. The van der Waals surface area contributed by atoms with Crippen molar-refractivity contribution in [3.63, 3.8) is 0 Å². The zero-order chi connectivity index (χ0) is 23.0. The van der Waals surface area contributed by atoms with E-state index in [1.54, 1.807) is 0 Å². The number of halogens is 2. The number of carbonyl (C=O) groups is 1. The summed E-state index contributed by atoms with van der Waals surface area (Å²) < 4.78 is 40.9. The van der Waals surface area contributed by atoms with Gasteiger partial charge in [0.1, 0.15) is 11.3 Å². The molecule has 0 spiro atoms.